The van der Waals surface area contributed by atoms with Crippen LogP contribution < -0.4 is 14.8 Å². The normalized spacial score (nSPS) is 10.5. The molecule has 104 valence electrons. The summed E-state index contributed by atoms with van der Waals surface area (Å²) in [4.78, 5) is 11.6. The van der Waals surface area contributed by atoms with Crippen molar-refractivity contribution in [2.24, 2.45) is 0 Å². The van der Waals surface area contributed by atoms with E-state index in [0.717, 1.165) is 5.56 Å². The number of ether oxygens (including phenoxy) is 2. The summed E-state index contributed by atoms with van der Waals surface area (Å²) in [5, 5.41) is 10.4. The number of carbonyl (C=O) groups excluding carboxylic acids is 1. The van der Waals surface area contributed by atoms with Gasteiger partial charge in [0, 0.05) is 6.08 Å². The van der Waals surface area contributed by atoms with Gasteiger partial charge in [-0.1, -0.05) is 17.4 Å². The van der Waals surface area contributed by atoms with Gasteiger partial charge >= 0.3 is 0 Å². The van der Waals surface area contributed by atoms with E-state index >= 15 is 0 Å². The van der Waals surface area contributed by atoms with Gasteiger partial charge in [-0.3, -0.25) is 10.1 Å². The van der Waals surface area contributed by atoms with Gasteiger partial charge in [0.25, 0.3) is 0 Å². The summed E-state index contributed by atoms with van der Waals surface area (Å²) < 4.78 is 10.3. The minimum Gasteiger partial charge on any atom is -0.493 e. The Bertz CT molecular complexity index is 611. The van der Waals surface area contributed by atoms with Gasteiger partial charge in [0.15, 0.2) is 11.5 Å². The number of aromatic nitrogens is 2. The van der Waals surface area contributed by atoms with Crippen LogP contribution in [0.3, 0.4) is 0 Å². The summed E-state index contributed by atoms with van der Waals surface area (Å²) in [7, 11) is 3.14. The van der Waals surface area contributed by atoms with Crippen LogP contribution in [0.15, 0.2) is 29.8 Å². The van der Waals surface area contributed by atoms with Gasteiger partial charge in [-0.05, 0) is 23.8 Å². The van der Waals surface area contributed by atoms with E-state index in [0.29, 0.717) is 16.6 Å². The number of anilines is 1. The number of amides is 1. The highest BCUT2D eigenvalue weighted by Crippen LogP contribution is 2.27. The molecular formula is C13H13N3O3S. The molecule has 0 unspecified atom stereocenters. The number of nitrogens with one attached hydrogen (secondary N) is 1. The first-order chi connectivity index (χ1) is 9.72. The first-order valence-corrected chi connectivity index (χ1v) is 6.58. The molecule has 0 atom stereocenters. The van der Waals surface area contributed by atoms with Crippen molar-refractivity contribution in [3.63, 3.8) is 0 Å². The molecule has 2 aromatic rings. The van der Waals surface area contributed by atoms with Gasteiger partial charge < -0.3 is 9.47 Å². The van der Waals surface area contributed by atoms with Crippen molar-refractivity contribution in [2.75, 3.05) is 19.5 Å². The van der Waals surface area contributed by atoms with Crippen LogP contribution in [0.25, 0.3) is 6.08 Å². The summed E-state index contributed by atoms with van der Waals surface area (Å²) in [6, 6.07) is 5.39. The molecule has 0 radical (unpaired) electrons. The molecule has 0 spiro atoms. The smallest absolute Gasteiger partial charge is 0.250 e. The minimum atomic E-state index is -0.267. The molecule has 2 rings (SSSR count). The lowest BCUT2D eigenvalue weighted by molar-refractivity contribution is -0.111. The average molecular weight is 291 g/mol. The van der Waals surface area contributed by atoms with Crippen LogP contribution in [-0.2, 0) is 4.79 Å². The maximum absolute atomic E-state index is 11.6. The van der Waals surface area contributed by atoms with Crippen LogP contribution in [0, 0.1) is 0 Å². The van der Waals surface area contributed by atoms with Crippen LogP contribution in [-0.4, -0.2) is 30.3 Å². The fourth-order valence-corrected chi connectivity index (χ4v) is 1.95. The number of methoxy groups -OCH3 is 2. The summed E-state index contributed by atoms with van der Waals surface area (Å²) in [5.41, 5.74) is 2.38. The predicted molar refractivity (Wildman–Crippen MR) is 77.1 cm³/mol. The summed E-state index contributed by atoms with van der Waals surface area (Å²) >= 11 is 1.26. The van der Waals surface area contributed by atoms with Crippen molar-refractivity contribution in [3.05, 3.63) is 35.3 Å². The lowest BCUT2D eigenvalue weighted by Gasteiger charge is -2.07. The van der Waals surface area contributed by atoms with Crippen LogP contribution in [0.2, 0.25) is 0 Å². The third kappa shape index (κ3) is 3.55. The largest absolute Gasteiger partial charge is 0.493 e. The zero-order chi connectivity index (χ0) is 14.4. The molecule has 0 bridgehead atoms. The number of hydrogen-bond donors (Lipinski definition) is 1. The van der Waals surface area contributed by atoms with Crippen LogP contribution in [0.5, 0.6) is 11.5 Å². The van der Waals surface area contributed by atoms with Gasteiger partial charge in [0.2, 0.25) is 11.0 Å². The molecule has 1 heterocycles. The molecular weight excluding hydrogens is 278 g/mol. The third-order valence-corrected chi connectivity index (χ3v) is 3.03. The van der Waals surface area contributed by atoms with Gasteiger partial charge in [-0.25, -0.2) is 0 Å². The van der Waals surface area contributed by atoms with E-state index in [-0.39, 0.29) is 5.91 Å². The van der Waals surface area contributed by atoms with Gasteiger partial charge in [0.05, 0.1) is 14.2 Å². The Morgan fingerprint density at radius 1 is 1.30 bits per heavy atom. The number of hydrogen-bond acceptors (Lipinski definition) is 6. The monoisotopic (exact) mass is 291 g/mol. The Labute approximate surface area is 120 Å². The average Bonchev–Trinajstić information content (AvgIpc) is 2.97. The van der Waals surface area contributed by atoms with E-state index in [1.807, 2.05) is 6.07 Å². The Hall–Kier alpha value is -2.41. The highest BCUT2D eigenvalue weighted by molar-refractivity contribution is 7.13. The van der Waals surface area contributed by atoms with Crippen LogP contribution in [0.1, 0.15) is 5.56 Å². The minimum absolute atomic E-state index is 0.267. The van der Waals surface area contributed by atoms with Gasteiger partial charge in [-0.2, -0.15) is 0 Å². The van der Waals surface area contributed by atoms with Crippen molar-refractivity contribution < 1.29 is 14.3 Å². The molecule has 1 aromatic heterocycles. The molecule has 0 saturated carbocycles. The first-order valence-electron chi connectivity index (χ1n) is 5.70. The zero-order valence-corrected chi connectivity index (χ0v) is 11.8. The number of nitrogens with zero attached hydrogens (tertiary/aromatic N) is 2. The number of carbonyl (C=O) groups is 1. The summed E-state index contributed by atoms with van der Waals surface area (Å²) in [5.74, 6) is 0.985. The van der Waals surface area contributed by atoms with E-state index in [4.69, 9.17) is 9.47 Å². The summed E-state index contributed by atoms with van der Waals surface area (Å²) in [6.07, 6.45) is 3.10. The molecule has 0 aliphatic rings. The third-order valence-electron chi connectivity index (χ3n) is 2.42. The SMILES string of the molecule is COc1ccc(C=CC(=O)Nc2nncs2)cc1OC. The van der Waals surface area contributed by atoms with E-state index in [1.54, 1.807) is 37.9 Å². The van der Waals surface area contributed by atoms with Crippen molar-refractivity contribution >= 4 is 28.5 Å². The second-order valence-electron chi connectivity index (χ2n) is 3.68. The predicted octanol–water partition coefficient (Wildman–Crippen LogP) is 2.21. The van der Waals surface area contributed by atoms with E-state index in [2.05, 4.69) is 15.5 Å². The first kappa shape index (κ1) is 14.0. The fraction of sp³-hybridized carbons (Fsp3) is 0.154. The maximum Gasteiger partial charge on any atom is 0.250 e. The lowest BCUT2D eigenvalue weighted by Crippen LogP contribution is -2.07. The van der Waals surface area contributed by atoms with E-state index in [1.165, 1.54) is 17.4 Å². The second kappa shape index (κ2) is 6.67. The second-order valence-corrected chi connectivity index (χ2v) is 4.51. The molecule has 1 N–H and O–H groups in total. The zero-order valence-electron chi connectivity index (χ0n) is 11.0. The van der Waals surface area contributed by atoms with Crippen molar-refractivity contribution in [1.82, 2.24) is 10.2 Å². The molecule has 0 aliphatic heterocycles. The lowest BCUT2D eigenvalue weighted by atomic mass is 10.2. The molecule has 0 fully saturated rings. The van der Waals surface area contributed by atoms with E-state index in [9.17, 15) is 4.79 Å². The van der Waals surface area contributed by atoms with Gasteiger partial charge in [-0.15, -0.1) is 10.2 Å². The number of benzene rings is 1. The Balaban J connectivity index is 2.05. The fourth-order valence-electron chi connectivity index (χ4n) is 1.50. The van der Waals surface area contributed by atoms with Gasteiger partial charge in [0.1, 0.15) is 5.51 Å². The topological polar surface area (TPSA) is 73.3 Å². The van der Waals surface area contributed by atoms with Crippen molar-refractivity contribution in [1.29, 1.82) is 0 Å². The summed E-state index contributed by atoms with van der Waals surface area (Å²) in [6.45, 7) is 0. The highest BCUT2D eigenvalue weighted by atomic mass is 32.1. The number of rotatable bonds is 5. The van der Waals surface area contributed by atoms with Crippen molar-refractivity contribution in [3.8, 4) is 11.5 Å². The Kier molecular flexibility index (Phi) is 4.67. The quantitative estimate of drug-likeness (QED) is 0.855. The maximum atomic E-state index is 11.6. The molecule has 20 heavy (non-hydrogen) atoms. The molecule has 1 amide bonds. The molecule has 0 saturated heterocycles. The van der Waals surface area contributed by atoms with Crippen molar-refractivity contribution in [2.45, 2.75) is 0 Å². The molecule has 6 nitrogen and oxygen atoms in total. The Morgan fingerprint density at radius 3 is 2.75 bits per heavy atom. The standard InChI is InChI=1S/C13H13N3O3S/c1-18-10-5-3-9(7-11(10)19-2)4-6-12(17)15-13-16-14-8-20-13/h3-8H,1-2H3,(H,15,16,17). The molecule has 0 aliphatic carbocycles. The highest BCUT2D eigenvalue weighted by Gasteiger charge is 2.04. The van der Waals surface area contributed by atoms with Crippen LogP contribution >= 0.6 is 11.3 Å². The Morgan fingerprint density at radius 2 is 2.10 bits per heavy atom. The molecule has 1 aromatic carbocycles. The molecule has 7 heteroatoms. The van der Waals surface area contributed by atoms with E-state index < -0.39 is 0 Å². The van der Waals surface area contributed by atoms with Crippen LogP contribution in [0.4, 0.5) is 5.13 Å².